The lowest BCUT2D eigenvalue weighted by Crippen LogP contribution is -2.07. The molecule has 0 atom stereocenters. The van der Waals surface area contributed by atoms with Crippen LogP contribution in [0.4, 0.5) is 17.1 Å². The molecule has 0 spiro atoms. The van der Waals surface area contributed by atoms with Crippen LogP contribution in [0.3, 0.4) is 0 Å². The minimum absolute atomic E-state index is 0.0431. The van der Waals surface area contributed by atoms with Gasteiger partial charge in [0.05, 0.1) is 22.9 Å². The van der Waals surface area contributed by atoms with Crippen LogP contribution in [0, 0.1) is 10.1 Å². The van der Waals surface area contributed by atoms with E-state index < -0.39 is 4.92 Å². The van der Waals surface area contributed by atoms with Gasteiger partial charge in [-0.25, -0.2) is 0 Å². The molecule has 7 heteroatoms. The lowest BCUT2D eigenvalue weighted by atomic mass is 10.2. The molecule has 0 fully saturated rings. The normalized spacial score (nSPS) is 10.7. The van der Waals surface area contributed by atoms with Crippen LogP contribution < -0.4 is 10.1 Å². The third-order valence-electron chi connectivity index (χ3n) is 2.77. The van der Waals surface area contributed by atoms with Crippen LogP contribution in [0.1, 0.15) is 20.8 Å². The Bertz CT molecular complexity index is 637. The average Bonchev–Trinajstić information content (AvgIpc) is 2.85. The van der Waals surface area contributed by atoms with Crippen molar-refractivity contribution in [3.05, 3.63) is 40.7 Å². The van der Waals surface area contributed by atoms with Crippen molar-refractivity contribution in [1.82, 2.24) is 9.78 Å². The topological polar surface area (TPSA) is 82.2 Å². The van der Waals surface area contributed by atoms with Crippen molar-refractivity contribution >= 4 is 17.1 Å². The van der Waals surface area contributed by atoms with Crippen molar-refractivity contribution in [2.24, 2.45) is 0 Å². The third-order valence-corrected chi connectivity index (χ3v) is 2.77. The van der Waals surface area contributed by atoms with Gasteiger partial charge in [0.25, 0.3) is 0 Å². The molecule has 0 aliphatic rings. The van der Waals surface area contributed by atoms with Gasteiger partial charge in [-0.2, -0.15) is 5.10 Å². The Morgan fingerprint density at radius 2 is 2.19 bits per heavy atom. The smallest absolute Gasteiger partial charge is 0.311 e. The molecule has 7 nitrogen and oxygen atoms in total. The average molecular weight is 290 g/mol. The molecule has 0 unspecified atom stereocenters. The summed E-state index contributed by atoms with van der Waals surface area (Å²) in [6, 6.07) is 4.71. The first-order valence-electron chi connectivity index (χ1n) is 6.74. The Morgan fingerprint density at radius 3 is 2.76 bits per heavy atom. The number of nitro groups is 1. The number of aryl methyl sites for hydroxylation is 1. The number of nitrogens with one attached hydrogen (secondary N) is 1. The molecule has 1 N–H and O–H groups in total. The van der Waals surface area contributed by atoms with E-state index in [4.69, 9.17) is 4.74 Å². The van der Waals surface area contributed by atoms with Crippen LogP contribution >= 0.6 is 0 Å². The number of nitro benzene ring substituents is 1. The summed E-state index contributed by atoms with van der Waals surface area (Å²) in [5.41, 5.74) is 1.49. The minimum Gasteiger partial charge on any atom is -0.484 e. The molecule has 0 amide bonds. The number of ether oxygens (including phenoxy) is 1. The first kappa shape index (κ1) is 14.8. The maximum Gasteiger partial charge on any atom is 0.311 e. The van der Waals surface area contributed by atoms with E-state index in [9.17, 15) is 10.1 Å². The molecule has 1 aromatic heterocycles. The Balaban J connectivity index is 2.25. The Hall–Kier alpha value is -2.57. The number of anilines is 2. The summed E-state index contributed by atoms with van der Waals surface area (Å²) in [4.78, 5) is 10.6. The van der Waals surface area contributed by atoms with Gasteiger partial charge in [-0.15, -0.1) is 0 Å². The highest BCUT2D eigenvalue weighted by molar-refractivity contribution is 5.64. The first-order valence-corrected chi connectivity index (χ1v) is 6.74. The van der Waals surface area contributed by atoms with E-state index in [1.165, 1.54) is 6.07 Å². The molecule has 2 rings (SSSR count). The van der Waals surface area contributed by atoms with Crippen LogP contribution in [-0.4, -0.2) is 20.8 Å². The summed E-state index contributed by atoms with van der Waals surface area (Å²) in [5, 5.41) is 18.3. The summed E-state index contributed by atoms with van der Waals surface area (Å²) in [5.74, 6) is 0.253. The molecule has 0 aliphatic heterocycles. The van der Waals surface area contributed by atoms with E-state index in [0.29, 0.717) is 5.69 Å². The molecule has 112 valence electrons. The molecular weight excluding hydrogens is 272 g/mol. The molecule has 0 radical (unpaired) electrons. The van der Waals surface area contributed by atoms with E-state index in [-0.39, 0.29) is 17.5 Å². The van der Waals surface area contributed by atoms with Gasteiger partial charge in [-0.1, -0.05) is 0 Å². The van der Waals surface area contributed by atoms with Crippen molar-refractivity contribution < 1.29 is 9.66 Å². The summed E-state index contributed by atoms with van der Waals surface area (Å²) < 4.78 is 7.30. The fourth-order valence-electron chi connectivity index (χ4n) is 1.86. The monoisotopic (exact) mass is 290 g/mol. The molecule has 21 heavy (non-hydrogen) atoms. The van der Waals surface area contributed by atoms with E-state index in [1.54, 1.807) is 23.0 Å². The van der Waals surface area contributed by atoms with Gasteiger partial charge in [-0.05, 0) is 26.8 Å². The molecule has 0 saturated carbocycles. The second kappa shape index (κ2) is 6.25. The fraction of sp³-hybridized carbons (Fsp3) is 0.357. The van der Waals surface area contributed by atoms with Gasteiger partial charge >= 0.3 is 5.69 Å². The van der Waals surface area contributed by atoms with E-state index in [0.717, 1.165) is 12.2 Å². The van der Waals surface area contributed by atoms with Gasteiger partial charge in [0, 0.05) is 30.6 Å². The van der Waals surface area contributed by atoms with E-state index in [2.05, 4.69) is 10.4 Å². The number of nitrogens with zero attached hydrogens (tertiary/aromatic N) is 3. The Labute approximate surface area is 122 Å². The zero-order valence-electron chi connectivity index (χ0n) is 12.2. The number of aromatic nitrogens is 2. The van der Waals surface area contributed by atoms with Crippen LogP contribution in [0.2, 0.25) is 0 Å². The number of benzene rings is 1. The van der Waals surface area contributed by atoms with E-state index in [1.807, 2.05) is 27.0 Å². The van der Waals surface area contributed by atoms with Crippen molar-refractivity contribution in [3.8, 4) is 5.75 Å². The van der Waals surface area contributed by atoms with Crippen molar-refractivity contribution in [2.75, 3.05) is 5.32 Å². The van der Waals surface area contributed by atoms with Crippen LogP contribution in [0.15, 0.2) is 30.6 Å². The predicted octanol–water partition coefficient (Wildman–Crippen LogP) is 3.34. The molecule has 0 aliphatic carbocycles. The van der Waals surface area contributed by atoms with Gasteiger partial charge in [0.2, 0.25) is 0 Å². The zero-order chi connectivity index (χ0) is 15.4. The second-order valence-corrected chi connectivity index (χ2v) is 4.82. The standard InChI is InChI=1S/C14H18N4O3/c1-4-17-9-12(8-15-17)16-11-5-6-13(18(19)20)14(7-11)21-10(2)3/h5-10,16H,4H2,1-3H3. The Kier molecular flexibility index (Phi) is 4.42. The maximum absolute atomic E-state index is 11.0. The zero-order valence-corrected chi connectivity index (χ0v) is 12.2. The highest BCUT2D eigenvalue weighted by Gasteiger charge is 2.17. The molecule has 2 aromatic rings. The molecule has 0 bridgehead atoms. The van der Waals surface area contributed by atoms with Crippen LogP contribution in [0.25, 0.3) is 0 Å². The third kappa shape index (κ3) is 3.71. The Morgan fingerprint density at radius 1 is 1.43 bits per heavy atom. The minimum atomic E-state index is -0.448. The van der Waals surface area contributed by atoms with E-state index >= 15 is 0 Å². The molecule has 0 saturated heterocycles. The first-order chi connectivity index (χ1) is 9.99. The van der Waals surface area contributed by atoms with Gasteiger partial charge in [0.1, 0.15) is 0 Å². The quantitative estimate of drug-likeness (QED) is 0.651. The highest BCUT2D eigenvalue weighted by atomic mass is 16.6. The highest BCUT2D eigenvalue weighted by Crippen LogP contribution is 2.32. The van der Waals surface area contributed by atoms with Crippen molar-refractivity contribution in [2.45, 2.75) is 33.4 Å². The van der Waals surface area contributed by atoms with Crippen molar-refractivity contribution in [3.63, 3.8) is 0 Å². The lowest BCUT2D eigenvalue weighted by Gasteiger charge is -2.11. The maximum atomic E-state index is 11.0. The molecular formula is C14H18N4O3. The summed E-state index contributed by atoms with van der Waals surface area (Å²) in [6.07, 6.45) is 3.43. The van der Waals surface area contributed by atoms with Gasteiger partial charge < -0.3 is 10.1 Å². The fourth-order valence-corrected chi connectivity index (χ4v) is 1.86. The van der Waals surface area contributed by atoms with Crippen LogP contribution in [-0.2, 0) is 6.54 Å². The van der Waals surface area contributed by atoms with Gasteiger partial charge in [-0.3, -0.25) is 14.8 Å². The number of rotatable bonds is 6. The van der Waals surface area contributed by atoms with Crippen molar-refractivity contribution in [1.29, 1.82) is 0 Å². The number of hydrogen-bond donors (Lipinski definition) is 1. The van der Waals surface area contributed by atoms with Gasteiger partial charge in [0.15, 0.2) is 5.75 Å². The number of hydrogen-bond acceptors (Lipinski definition) is 5. The summed E-state index contributed by atoms with van der Waals surface area (Å²) in [7, 11) is 0. The summed E-state index contributed by atoms with van der Waals surface area (Å²) in [6.45, 7) is 6.44. The van der Waals surface area contributed by atoms with Crippen LogP contribution in [0.5, 0.6) is 5.75 Å². The predicted molar refractivity (Wildman–Crippen MR) is 80.0 cm³/mol. The molecule has 1 aromatic carbocycles. The lowest BCUT2D eigenvalue weighted by molar-refractivity contribution is -0.386. The summed E-state index contributed by atoms with van der Waals surface area (Å²) >= 11 is 0. The second-order valence-electron chi connectivity index (χ2n) is 4.82. The molecule has 1 heterocycles. The largest absolute Gasteiger partial charge is 0.484 e. The SMILES string of the molecule is CCn1cc(Nc2ccc([N+](=O)[O-])c(OC(C)C)c2)cn1.